The lowest BCUT2D eigenvalue weighted by atomic mass is 10.4. The fourth-order valence-electron chi connectivity index (χ4n) is 2.63. The van der Waals surface area contributed by atoms with Crippen molar-refractivity contribution in [3.63, 3.8) is 0 Å². The van der Waals surface area contributed by atoms with Gasteiger partial charge in [0.15, 0.2) is 0 Å². The predicted octanol–water partition coefficient (Wildman–Crippen LogP) is -0.126. The van der Waals surface area contributed by atoms with Crippen LogP contribution in [0.2, 0.25) is 0 Å². The first-order valence-corrected chi connectivity index (χ1v) is 8.13. The summed E-state index contributed by atoms with van der Waals surface area (Å²) in [7, 11) is 0. The van der Waals surface area contributed by atoms with E-state index in [2.05, 4.69) is 0 Å². The SMILES string of the molecule is O=C(/C=C/C(=O)OCCN1CCCC1=O)OCCN1CCCC1=O. The van der Waals surface area contributed by atoms with Gasteiger partial charge in [0.05, 0.1) is 13.1 Å². The van der Waals surface area contributed by atoms with Crippen LogP contribution < -0.4 is 0 Å². The number of esters is 2. The number of hydrogen-bond acceptors (Lipinski definition) is 6. The highest BCUT2D eigenvalue weighted by Crippen LogP contribution is 2.09. The Kier molecular flexibility index (Phi) is 6.77. The van der Waals surface area contributed by atoms with Crippen molar-refractivity contribution in [3.8, 4) is 0 Å². The van der Waals surface area contributed by atoms with Gasteiger partial charge < -0.3 is 19.3 Å². The van der Waals surface area contributed by atoms with E-state index in [9.17, 15) is 19.2 Å². The molecule has 2 fully saturated rings. The molecule has 2 aliphatic heterocycles. The van der Waals surface area contributed by atoms with Gasteiger partial charge in [-0.15, -0.1) is 0 Å². The molecule has 2 saturated heterocycles. The van der Waals surface area contributed by atoms with Crippen LogP contribution in [0.1, 0.15) is 25.7 Å². The van der Waals surface area contributed by atoms with Crippen molar-refractivity contribution < 1.29 is 28.7 Å². The van der Waals surface area contributed by atoms with Gasteiger partial charge >= 0.3 is 11.9 Å². The Hall–Kier alpha value is -2.38. The van der Waals surface area contributed by atoms with Gasteiger partial charge in [0.1, 0.15) is 13.2 Å². The molecule has 0 radical (unpaired) electrons. The maximum Gasteiger partial charge on any atom is 0.331 e. The average molecular weight is 338 g/mol. The Balaban J connectivity index is 1.55. The van der Waals surface area contributed by atoms with E-state index in [1.165, 1.54) is 0 Å². The van der Waals surface area contributed by atoms with Crippen molar-refractivity contribution in [1.82, 2.24) is 9.80 Å². The summed E-state index contributed by atoms with van der Waals surface area (Å²) in [6.45, 7) is 2.32. The highest BCUT2D eigenvalue weighted by atomic mass is 16.5. The quantitative estimate of drug-likeness (QED) is 0.452. The molecule has 0 atom stereocenters. The van der Waals surface area contributed by atoms with Gasteiger partial charge in [-0.3, -0.25) is 9.59 Å². The Labute approximate surface area is 140 Å². The fraction of sp³-hybridized carbons (Fsp3) is 0.625. The number of likely N-dealkylation sites (tertiary alicyclic amines) is 2. The molecule has 8 nitrogen and oxygen atoms in total. The second kappa shape index (κ2) is 9.05. The Morgan fingerprint density at radius 3 is 1.58 bits per heavy atom. The number of amides is 2. The van der Waals surface area contributed by atoms with Crippen LogP contribution in [-0.4, -0.2) is 72.9 Å². The zero-order chi connectivity index (χ0) is 17.4. The van der Waals surface area contributed by atoms with Crippen LogP contribution in [0.3, 0.4) is 0 Å². The second-order valence-corrected chi connectivity index (χ2v) is 5.64. The molecule has 0 spiro atoms. The predicted molar refractivity (Wildman–Crippen MR) is 82.7 cm³/mol. The van der Waals surface area contributed by atoms with Gasteiger partial charge in [-0.25, -0.2) is 9.59 Å². The number of ether oxygens (including phenoxy) is 2. The van der Waals surface area contributed by atoms with Crippen LogP contribution in [-0.2, 0) is 28.7 Å². The molecule has 0 aliphatic carbocycles. The molecule has 2 aliphatic rings. The van der Waals surface area contributed by atoms with Crippen LogP contribution in [0.5, 0.6) is 0 Å². The van der Waals surface area contributed by atoms with Crippen molar-refractivity contribution >= 4 is 23.8 Å². The molecule has 24 heavy (non-hydrogen) atoms. The van der Waals surface area contributed by atoms with Gasteiger partial charge in [-0.05, 0) is 12.8 Å². The first-order valence-electron chi connectivity index (χ1n) is 8.13. The largest absolute Gasteiger partial charge is 0.461 e. The van der Waals surface area contributed by atoms with Crippen LogP contribution >= 0.6 is 0 Å². The summed E-state index contributed by atoms with van der Waals surface area (Å²) in [5, 5.41) is 0. The second-order valence-electron chi connectivity index (χ2n) is 5.64. The van der Waals surface area contributed by atoms with E-state index < -0.39 is 11.9 Å². The summed E-state index contributed by atoms with van der Waals surface area (Å²) in [5.74, 6) is -1.18. The monoisotopic (exact) mass is 338 g/mol. The minimum atomic E-state index is -0.659. The zero-order valence-electron chi connectivity index (χ0n) is 13.6. The third-order valence-corrected chi connectivity index (χ3v) is 3.91. The van der Waals surface area contributed by atoms with Gasteiger partial charge in [-0.2, -0.15) is 0 Å². The number of nitrogens with zero attached hydrogens (tertiary/aromatic N) is 2. The molecule has 132 valence electrons. The molecule has 0 aromatic rings. The molecule has 0 bridgehead atoms. The maximum atomic E-state index is 11.5. The van der Waals surface area contributed by atoms with Crippen LogP contribution in [0.25, 0.3) is 0 Å². The molecule has 0 unspecified atom stereocenters. The average Bonchev–Trinajstić information content (AvgIpc) is 3.14. The highest BCUT2D eigenvalue weighted by Gasteiger charge is 2.20. The molecular weight excluding hydrogens is 316 g/mol. The Morgan fingerprint density at radius 1 is 0.833 bits per heavy atom. The lowest BCUT2D eigenvalue weighted by Gasteiger charge is -2.14. The standard InChI is InChI=1S/C16H22N2O6/c19-13-3-1-7-17(13)9-11-23-15(21)5-6-16(22)24-12-10-18-8-2-4-14(18)20/h5-6H,1-4,7-12H2/b6-5+. The van der Waals surface area contributed by atoms with E-state index in [1.54, 1.807) is 9.80 Å². The number of carbonyl (C=O) groups is 4. The van der Waals surface area contributed by atoms with Crippen molar-refractivity contribution in [1.29, 1.82) is 0 Å². The first-order chi connectivity index (χ1) is 11.6. The molecular formula is C16H22N2O6. The summed E-state index contributed by atoms with van der Waals surface area (Å²) in [6.07, 6.45) is 4.75. The topological polar surface area (TPSA) is 93.2 Å². The maximum absolute atomic E-state index is 11.5. The van der Waals surface area contributed by atoms with Crippen LogP contribution in [0.4, 0.5) is 0 Å². The lowest BCUT2D eigenvalue weighted by molar-refractivity contribution is -0.142. The smallest absolute Gasteiger partial charge is 0.331 e. The summed E-state index contributed by atoms with van der Waals surface area (Å²) in [6, 6.07) is 0. The molecule has 2 rings (SSSR count). The molecule has 8 heteroatoms. The van der Waals surface area contributed by atoms with E-state index in [0.717, 1.165) is 25.0 Å². The van der Waals surface area contributed by atoms with Crippen LogP contribution in [0.15, 0.2) is 12.2 Å². The Morgan fingerprint density at radius 2 is 1.25 bits per heavy atom. The summed E-state index contributed by atoms with van der Waals surface area (Å²) < 4.78 is 9.84. The van der Waals surface area contributed by atoms with Gasteiger partial charge in [0.25, 0.3) is 0 Å². The summed E-state index contributed by atoms with van der Waals surface area (Å²) in [4.78, 5) is 48.9. The van der Waals surface area contributed by atoms with Crippen molar-refractivity contribution in [2.75, 3.05) is 39.4 Å². The van der Waals surface area contributed by atoms with Gasteiger partial charge in [0, 0.05) is 38.1 Å². The molecule has 0 N–H and O–H groups in total. The van der Waals surface area contributed by atoms with E-state index in [4.69, 9.17) is 9.47 Å². The zero-order valence-corrected chi connectivity index (χ0v) is 13.6. The van der Waals surface area contributed by atoms with Crippen molar-refractivity contribution in [2.24, 2.45) is 0 Å². The number of hydrogen-bond donors (Lipinski definition) is 0. The Bertz CT molecular complexity index is 485. The summed E-state index contributed by atoms with van der Waals surface area (Å²) >= 11 is 0. The van der Waals surface area contributed by atoms with Crippen molar-refractivity contribution in [2.45, 2.75) is 25.7 Å². The minimum Gasteiger partial charge on any atom is -0.461 e. The third-order valence-electron chi connectivity index (χ3n) is 3.91. The van der Waals surface area contributed by atoms with E-state index in [1.807, 2.05) is 0 Å². The highest BCUT2D eigenvalue weighted by molar-refractivity contribution is 5.91. The van der Waals surface area contributed by atoms with Gasteiger partial charge in [-0.1, -0.05) is 0 Å². The van der Waals surface area contributed by atoms with E-state index in [0.29, 0.717) is 39.0 Å². The van der Waals surface area contributed by atoms with Crippen molar-refractivity contribution in [3.05, 3.63) is 12.2 Å². The molecule has 0 aromatic heterocycles. The van der Waals surface area contributed by atoms with Gasteiger partial charge in [0.2, 0.25) is 11.8 Å². The van der Waals surface area contributed by atoms with Crippen LogP contribution in [0, 0.1) is 0 Å². The fourth-order valence-corrected chi connectivity index (χ4v) is 2.63. The lowest BCUT2D eigenvalue weighted by Crippen LogP contribution is -2.29. The normalized spacial score (nSPS) is 17.8. The van der Waals surface area contributed by atoms with E-state index >= 15 is 0 Å². The first kappa shape index (κ1) is 18.0. The molecule has 0 saturated carbocycles. The number of carbonyl (C=O) groups excluding carboxylic acids is 4. The minimum absolute atomic E-state index is 0.0710. The molecule has 2 heterocycles. The molecule has 0 aromatic carbocycles. The number of rotatable bonds is 8. The molecule has 2 amide bonds. The summed E-state index contributed by atoms with van der Waals surface area (Å²) in [5.41, 5.74) is 0. The van der Waals surface area contributed by atoms with E-state index in [-0.39, 0.29) is 25.0 Å². The third kappa shape index (κ3) is 5.68.